The summed E-state index contributed by atoms with van der Waals surface area (Å²) in [5, 5.41) is 4.90. The van der Waals surface area contributed by atoms with Gasteiger partial charge in [-0.1, -0.05) is 30.3 Å². The number of thiophene rings is 1. The maximum atomic E-state index is 12.0. The average molecular weight is 323 g/mol. The lowest BCUT2D eigenvalue weighted by Crippen LogP contribution is -2.24. The first-order valence-corrected chi connectivity index (χ1v) is 8.30. The highest BCUT2D eigenvalue weighted by Gasteiger charge is 2.07. The molecule has 1 amide bonds. The van der Waals surface area contributed by atoms with Gasteiger partial charge in [-0.2, -0.15) is 0 Å². The van der Waals surface area contributed by atoms with Gasteiger partial charge in [0.1, 0.15) is 0 Å². The summed E-state index contributed by atoms with van der Waals surface area (Å²) < 4.78 is 0. The maximum Gasteiger partial charge on any atom is 0.261 e. The molecule has 0 aliphatic rings. The lowest BCUT2D eigenvalue weighted by atomic mass is 10.2. The Morgan fingerprint density at radius 3 is 2.57 bits per heavy atom. The van der Waals surface area contributed by atoms with E-state index >= 15 is 0 Å². The SMILES string of the molecule is Cc1csc(C(=O)NCCc2cnc(-c3ccccc3)nc2)c1. The molecule has 5 heteroatoms. The van der Waals surface area contributed by atoms with Crippen molar-refractivity contribution in [2.24, 2.45) is 0 Å². The lowest BCUT2D eigenvalue weighted by Gasteiger charge is -2.04. The molecule has 0 saturated carbocycles. The van der Waals surface area contributed by atoms with E-state index in [1.807, 2.05) is 61.1 Å². The summed E-state index contributed by atoms with van der Waals surface area (Å²) in [7, 11) is 0. The summed E-state index contributed by atoms with van der Waals surface area (Å²) >= 11 is 1.47. The van der Waals surface area contributed by atoms with Crippen LogP contribution in [0.3, 0.4) is 0 Å². The summed E-state index contributed by atoms with van der Waals surface area (Å²) in [6.45, 7) is 2.56. The molecule has 0 bridgehead atoms. The molecule has 2 aromatic heterocycles. The third-order valence-electron chi connectivity index (χ3n) is 3.39. The number of nitrogens with one attached hydrogen (secondary N) is 1. The molecular formula is C18H17N3OS. The second kappa shape index (κ2) is 7.15. The van der Waals surface area contributed by atoms with E-state index in [4.69, 9.17) is 0 Å². The van der Waals surface area contributed by atoms with Crippen molar-refractivity contribution in [3.8, 4) is 11.4 Å². The number of carbonyl (C=O) groups excluding carboxylic acids is 1. The highest BCUT2D eigenvalue weighted by atomic mass is 32.1. The molecule has 0 aliphatic carbocycles. The molecule has 2 heterocycles. The largest absolute Gasteiger partial charge is 0.351 e. The number of benzene rings is 1. The van der Waals surface area contributed by atoms with Gasteiger partial charge in [-0.3, -0.25) is 4.79 Å². The number of amides is 1. The number of hydrogen-bond donors (Lipinski definition) is 1. The van der Waals surface area contributed by atoms with Crippen LogP contribution in [0.2, 0.25) is 0 Å². The van der Waals surface area contributed by atoms with E-state index in [1.165, 1.54) is 11.3 Å². The van der Waals surface area contributed by atoms with Gasteiger partial charge in [-0.05, 0) is 35.9 Å². The monoisotopic (exact) mass is 323 g/mol. The zero-order valence-corrected chi connectivity index (χ0v) is 13.6. The Morgan fingerprint density at radius 1 is 1.17 bits per heavy atom. The Kier molecular flexibility index (Phi) is 4.78. The van der Waals surface area contributed by atoms with E-state index in [9.17, 15) is 4.79 Å². The molecule has 0 fully saturated rings. The molecular weight excluding hydrogens is 306 g/mol. The Bertz CT molecular complexity index is 782. The summed E-state index contributed by atoms with van der Waals surface area (Å²) in [5.41, 5.74) is 3.12. The Hall–Kier alpha value is -2.53. The van der Waals surface area contributed by atoms with Gasteiger partial charge in [0.05, 0.1) is 4.88 Å². The van der Waals surface area contributed by atoms with Crippen LogP contribution >= 0.6 is 11.3 Å². The molecule has 0 atom stereocenters. The van der Waals surface area contributed by atoms with Crippen molar-refractivity contribution in [3.63, 3.8) is 0 Å². The summed E-state index contributed by atoms with van der Waals surface area (Å²) in [6.07, 6.45) is 4.35. The molecule has 4 nitrogen and oxygen atoms in total. The molecule has 1 aromatic carbocycles. The van der Waals surface area contributed by atoms with E-state index in [2.05, 4.69) is 15.3 Å². The van der Waals surface area contributed by atoms with Gasteiger partial charge in [-0.25, -0.2) is 9.97 Å². The van der Waals surface area contributed by atoms with Crippen LogP contribution < -0.4 is 5.32 Å². The van der Waals surface area contributed by atoms with Crippen LogP contribution in [-0.4, -0.2) is 22.4 Å². The zero-order valence-electron chi connectivity index (χ0n) is 12.8. The number of carbonyl (C=O) groups is 1. The lowest BCUT2D eigenvalue weighted by molar-refractivity contribution is 0.0958. The Morgan fingerprint density at radius 2 is 1.91 bits per heavy atom. The van der Waals surface area contributed by atoms with Crippen molar-refractivity contribution < 1.29 is 4.79 Å². The van der Waals surface area contributed by atoms with Crippen molar-refractivity contribution in [2.75, 3.05) is 6.54 Å². The smallest absolute Gasteiger partial charge is 0.261 e. The number of rotatable bonds is 5. The fourth-order valence-corrected chi connectivity index (χ4v) is 2.99. The van der Waals surface area contributed by atoms with Gasteiger partial charge in [-0.15, -0.1) is 11.3 Å². The molecule has 0 saturated heterocycles. The highest BCUT2D eigenvalue weighted by molar-refractivity contribution is 7.12. The summed E-state index contributed by atoms with van der Waals surface area (Å²) in [6, 6.07) is 11.8. The summed E-state index contributed by atoms with van der Waals surface area (Å²) in [5.74, 6) is 0.692. The van der Waals surface area contributed by atoms with Crippen molar-refractivity contribution in [3.05, 3.63) is 70.2 Å². The third kappa shape index (κ3) is 4.02. The fraction of sp³-hybridized carbons (Fsp3) is 0.167. The van der Waals surface area contributed by atoms with Gasteiger partial charge < -0.3 is 5.32 Å². The molecule has 3 rings (SSSR count). The van der Waals surface area contributed by atoms with Crippen LogP contribution in [0.25, 0.3) is 11.4 Å². The van der Waals surface area contributed by atoms with Crippen molar-refractivity contribution in [2.45, 2.75) is 13.3 Å². The van der Waals surface area contributed by atoms with Crippen molar-refractivity contribution >= 4 is 17.2 Å². The van der Waals surface area contributed by atoms with Crippen LogP contribution in [0, 0.1) is 6.92 Å². The van der Waals surface area contributed by atoms with Crippen LogP contribution in [-0.2, 0) is 6.42 Å². The Labute approximate surface area is 139 Å². The van der Waals surface area contributed by atoms with Gasteiger partial charge in [0.25, 0.3) is 5.91 Å². The minimum absolute atomic E-state index is 0.0232. The van der Waals surface area contributed by atoms with Gasteiger partial charge in [0.15, 0.2) is 5.82 Å². The normalized spacial score (nSPS) is 10.5. The first-order chi connectivity index (χ1) is 11.2. The molecule has 23 heavy (non-hydrogen) atoms. The van der Waals surface area contributed by atoms with Crippen LogP contribution in [0.1, 0.15) is 20.8 Å². The summed E-state index contributed by atoms with van der Waals surface area (Å²) in [4.78, 5) is 21.5. The molecule has 3 aromatic rings. The van der Waals surface area contributed by atoms with E-state index in [0.29, 0.717) is 18.8 Å². The topological polar surface area (TPSA) is 54.9 Å². The second-order valence-electron chi connectivity index (χ2n) is 5.28. The van der Waals surface area contributed by atoms with Crippen LogP contribution in [0.15, 0.2) is 54.2 Å². The first kappa shape index (κ1) is 15.4. The van der Waals surface area contributed by atoms with Crippen molar-refractivity contribution in [1.29, 1.82) is 0 Å². The predicted molar refractivity (Wildman–Crippen MR) is 92.6 cm³/mol. The number of aryl methyl sites for hydroxylation is 1. The minimum atomic E-state index is -0.0232. The number of hydrogen-bond acceptors (Lipinski definition) is 4. The van der Waals surface area contributed by atoms with E-state index in [1.54, 1.807) is 0 Å². The minimum Gasteiger partial charge on any atom is -0.351 e. The van der Waals surface area contributed by atoms with Gasteiger partial charge >= 0.3 is 0 Å². The average Bonchev–Trinajstić information content (AvgIpc) is 3.03. The standard InChI is InChI=1S/C18H17N3OS/c1-13-9-16(23-12-13)18(22)19-8-7-14-10-20-17(21-11-14)15-5-3-2-4-6-15/h2-6,9-12H,7-8H2,1H3,(H,19,22). The second-order valence-corrected chi connectivity index (χ2v) is 6.19. The highest BCUT2D eigenvalue weighted by Crippen LogP contribution is 2.14. The molecule has 0 radical (unpaired) electrons. The van der Waals surface area contributed by atoms with Crippen LogP contribution in [0.5, 0.6) is 0 Å². The third-order valence-corrected chi connectivity index (χ3v) is 4.44. The first-order valence-electron chi connectivity index (χ1n) is 7.42. The molecule has 0 spiro atoms. The van der Waals surface area contributed by atoms with E-state index < -0.39 is 0 Å². The Balaban J connectivity index is 1.54. The molecule has 1 N–H and O–H groups in total. The van der Waals surface area contributed by atoms with Crippen LogP contribution in [0.4, 0.5) is 0 Å². The number of nitrogens with zero attached hydrogens (tertiary/aromatic N) is 2. The van der Waals surface area contributed by atoms with Gasteiger partial charge in [0.2, 0.25) is 0 Å². The van der Waals surface area contributed by atoms with Gasteiger partial charge in [0, 0.05) is 24.5 Å². The predicted octanol–water partition coefficient (Wildman–Crippen LogP) is 3.49. The number of aromatic nitrogens is 2. The maximum absolute atomic E-state index is 12.0. The quantitative estimate of drug-likeness (QED) is 0.782. The fourth-order valence-electron chi connectivity index (χ4n) is 2.18. The molecule has 116 valence electrons. The van der Waals surface area contributed by atoms with Crippen molar-refractivity contribution in [1.82, 2.24) is 15.3 Å². The van der Waals surface area contributed by atoms with E-state index in [-0.39, 0.29) is 5.91 Å². The van der Waals surface area contributed by atoms with E-state index in [0.717, 1.165) is 21.6 Å². The molecule has 0 aliphatic heterocycles. The molecule has 0 unspecified atom stereocenters. The zero-order chi connectivity index (χ0) is 16.1.